The highest BCUT2D eigenvalue weighted by Crippen LogP contribution is 2.13. The molecule has 1 aliphatic heterocycles. The molecule has 1 N–H and O–H groups in total. The molecule has 74 valence electrons. The van der Waals surface area contributed by atoms with E-state index in [4.69, 9.17) is 5.26 Å². The van der Waals surface area contributed by atoms with Crippen molar-refractivity contribution >= 4 is 0 Å². The molecule has 1 heterocycles. The number of nitriles is 1. The minimum Gasteiger partial charge on any atom is -0.313 e. The van der Waals surface area contributed by atoms with Crippen molar-refractivity contribution in [3.63, 3.8) is 0 Å². The third-order valence-electron chi connectivity index (χ3n) is 2.64. The Kier molecular flexibility index (Phi) is 4.20. The fraction of sp³-hybridized carbons (Fsp3) is 0.900. The van der Waals surface area contributed by atoms with E-state index < -0.39 is 0 Å². The Bertz CT molecular complexity index is 185. The Labute approximate surface area is 80.7 Å². The van der Waals surface area contributed by atoms with Gasteiger partial charge >= 0.3 is 0 Å². The summed E-state index contributed by atoms with van der Waals surface area (Å²) in [5, 5.41) is 11.9. The normalized spacial score (nSPS) is 25.8. The van der Waals surface area contributed by atoms with Gasteiger partial charge in [0.15, 0.2) is 0 Å². The van der Waals surface area contributed by atoms with Gasteiger partial charge in [-0.25, -0.2) is 0 Å². The number of hydrogen-bond acceptors (Lipinski definition) is 3. The largest absolute Gasteiger partial charge is 0.313 e. The lowest BCUT2D eigenvalue weighted by Gasteiger charge is -2.14. The van der Waals surface area contributed by atoms with Crippen molar-refractivity contribution in [1.82, 2.24) is 10.2 Å². The molecule has 1 saturated heterocycles. The van der Waals surface area contributed by atoms with Crippen molar-refractivity contribution in [2.75, 3.05) is 26.7 Å². The number of likely N-dealkylation sites (tertiary alicyclic amines) is 1. The number of hydrogen-bond donors (Lipinski definition) is 1. The van der Waals surface area contributed by atoms with Crippen LogP contribution in [0.4, 0.5) is 0 Å². The van der Waals surface area contributed by atoms with Crippen LogP contribution >= 0.6 is 0 Å². The highest BCUT2D eigenvalue weighted by atomic mass is 15.1. The highest BCUT2D eigenvalue weighted by Gasteiger charge is 2.19. The first-order valence-electron chi connectivity index (χ1n) is 5.01. The molecule has 0 aromatic rings. The first kappa shape index (κ1) is 10.5. The molecule has 13 heavy (non-hydrogen) atoms. The minimum atomic E-state index is 0.343. The van der Waals surface area contributed by atoms with Gasteiger partial charge in [-0.1, -0.05) is 0 Å². The monoisotopic (exact) mass is 181 g/mol. The lowest BCUT2D eigenvalue weighted by Crippen LogP contribution is -2.31. The summed E-state index contributed by atoms with van der Waals surface area (Å²) in [4.78, 5) is 2.36. The summed E-state index contributed by atoms with van der Waals surface area (Å²) < 4.78 is 0. The van der Waals surface area contributed by atoms with Gasteiger partial charge in [-0.05, 0) is 39.4 Å². The molecule has 0 aliphatic carbocycles. The Hall–Kier alpha value is -0.590. The van der Waals surface area contributed by atoms with Crippen molar-refractivity contribution < 1.29 is 0 Å². The van der Waals surface area contributed by atoms with Gasteiger partial charge in [0.05, 0.1) is 12.5 Å². The molecule has 0 spiro atoms. The Balaban J connectivity index is 2.09. The predicted octanol–water partition coefficient (Wildman–Crippen LogP) is 0.830. The van der Waals surface area contributed by atoms with Gasteiger partial charge in [-0.3, -0.25) is 0 Å². The zero-order chi connectivity index (χ0) is 9.68. The second-order valence-electron chi connectivity index (χ2n) is 4.09. The van der Waals surface area contributed by atoms with E-state index in [2.05, 4.69) is 30.3 Å². The Morgan fingerprint density at radius 2 is 2.46 bits per heavy atom. The van der Waals surface area contributed by atoms with Crippen molar-refractivity contribution in [3.05, 3.63) is 0 Å². The van der Waals surface area contributed by atoms with Gasteiger partial charge in [0.25, 0.3) is 0 Å². The fourth-order valence-electron chi connectivity index (χ4n) is 1.77. The molecule has 2 unspecified atom stereocenters. The summed E-state index contributed by atoms with van der Waals surface area (Å²) >= 11 is 0. The van der Waals surface area contributed by atoms with E-state index in [1.807, 2.05) is 0 Å². The van der Waals surface area contributed by atoms with Crippen LogP contribution in [0.1, 0.15) is 19.8 Å². The molecular weight excluding hydrogens is 162 g/mol. The second kappa shape index (κ2) is 5.21. The molecule has 2 atom stereocenters. The average Bonchev–Trinajstić information content (AvgIpc) is 2.49. The van der Waals surface area contributed by atoms with E-state index in [1.165, 1.54) is 19.5 Å². The Morgan fingerprint density at radius 3 is 3.00 bits per heavy atom. The molecule has 0 saturated carbocycles. The maximum atomic E-state index is 8.47. The van der Waals surface area contributed by atoms with Crippen LogP contribution in [0.5, 0.6) is 0 Å². The maximum absolute atomic E-state index is 8.47. The summed E-state index contributed by atoms with van der Waals surface area (Å²) in [5.41, 5.74) is 0. The molecule has 1 aliphatic rings. The van der Waals surface area contributed by atoms with Crippen molar-refractivity contribution in [3.8, 4) is 6.07 Å². The predicted molar refractivity (Wildman–Crippen MR) is 53.3 cm³/mol. The maximum Gasteiger partial charge on any atom is 0.0638 e. The minimum absolute atomic E-state index is 0.343. The molecule has 0 amide bonds. The summed E-state index contributed by atoms with van der Waals surface area (Å²) in [6, 6.07) is 2.52. The molecule has 0 bridgehead atoms. The van der Waals surface area contributed by atoms with E-state index >= 15 is 0 Å². The molecule has 3 nitrogen and oxygen atoms in total. The smallest absolute Gasteiger partial charge is 0.0638 e. The quantitative estimate of drug-likeness (QED) is 0.698. The van der Waals surface area contributed by atoms with Gasteiger partial charge in [0.2, 0.25) is 0 Å². The topological polar surface area (TPSA) is 39.1 Å². The molecular formula is C10H19N3. The third-order valence-corrected chi connectivity index (χ3v) is 2.64. The van der Waals surface area contributed by atoms with Crippen LogP contribution in [-0.4, -0.2) is 37.6 Å². The fourth-order valence-corrected chi connectivity index (χ4v) is 1.77. The van der Waals surface area contributed by atoms with Crippen molar-refractivity contribution in [2.24, 2.45) is 5.92 Å². The van der Waals surface area contributed by atoms with Gasteiger partial charge in [0, 0.05) is 12.6 Å². The highest BCUT2D eigenvalue weighted by molar-refractivity contribution is 4.80. The van der Waals surface area contributed by atoms with Crippen LogP contribution in [-0.2, 0) is 0 Å². The summed E-state index contributed by atoms with van der Waals surface area (Å²) in [6.45, 7) is 5.56. The zero-order valence-corrected chi connectivity index (χ0v) is 8.58. The van der Waals surface area contributed by atoms with Crippen molar-refractivity contribution in [2.45, 2.75) is 25.8 Å². The first-order chi connectivity index (χ1) is 6.22. The third kappa shape index (κ3) is 3.75. The molecule has 1 fully saturated rings. The number of rotatable bonds is 4. The van der Waals surface area contributed by atoms with Crippen LogP contribution in [0.2, 0.25) is 0 Å². The Morgan fingerprint density at radius 1 is 1.69 bits per heavy atom. The van der Waals surface area contributed by atoms with E-state index in [-0.39, 0.29) is 0 Å². The van der Waals surface area contributed by atoms with E-state index in [0.717, 1.165) is 12.5 Å². The van der Waals surface area contributed by atoms with Gasteiger partial charge < -0.3 is 10.2 Å². The van der Waals surface area contributed by atoms with E-state index in [9.17, 15) is 0 Å². The van der Waals surface area contributed by atoms with Gasteiger partial charge in [-0.15, -0.1) is 0 Å². The zero-order valence-electron chi connectivity index (χ0n) is 8.58. The summed E-state index contributed by atoms with van der Waals surface area (Å²) in [5.74, 6) is 0.783. The van der Waals surface area contributed by atoms with Crippen LogP contribution in [0.15, 0.2) is 0 Å². The van der Waals surface area contributed by atoms with Crippen LogP contribution < -0.4 is 5.32 Å². The van der Waals surface area contributed by atoms with Gasteiger partial charge in [0.1, 0.15) is 0 Å². The van der Waals surface area contributed by atoms with Gasteiger partial charge in [-0.2, -0.15) is 5.26 Å². The lowest BCUT2D eigenvalue weighted by molar-refractivity contribution is 0.381. The molecule has 1 rings (SSSR count). The lowest BCUT2D eigenvalue weighted by atomic mass is 10.1. The molecule has 0 radical (unpaired) electrons. The number of nitrogens with zero attached hydrogens (tertiary/aromatic N) is 2. The number of nitrogens with one attached hydrogen (secondary N) is 1. The SMILES string of the molecule is CC(CC#N)NCC1CCN(C)C1. The molecule has 0 aromatic carbocycles. The molecule has 3 heteroatoms. The van der Waals surface area contributed by atoms with Crippen molar-refractivity contribution in [1.29, 1.82) is 5.26 Å². The summed E-state index contributed by atoms with van der Waals surface area (Å²) in [7, 11) is 2.17. The van der Waals surface area contributed by atoms with E-state index in [0.29, 0.717) is 12.5 Å². The first-order valence-corrected chi connectivity index (χ1v) is 5.01. The van der Waals surface area contributed by atoms with Crippen LogP contribution in [0.25, 0.3) is 0 Å². The average molecular weight is 181 g/mol. The van der Waals surface area contributed by atoms with Crippen LogP contribution in [0.3, 0.4) is 0 Å². The van der Waals surface area contributed by atoms with Crippen LogP contribution in [0, 0.1) is 17.2 Å². The summed E-state index contributed by atoms with van der Waals surface area (Å²) in [6.07, 6.45) is 1.91. The standard InChI is InChI=1S/C10H19N3/c1-9(3-5-11)12-7-10-4-6-13(2)8-10/h9-10,12H,3-4,6-8H2,1-2H3. The molecule has 0 aromatic heterocycles. The second-order valence-corrected chi connectivity index (χ2v) is 4.09. The van der Waals surface area contributed by atoms with E-state index in [1.54, 1.807) is 0 Å².